The van der Waals surface area contributed by atoms with Gasteiger partial charge in [-0.15, -0.1) is 0 Å². The zero-order valence-electron chi connectivity index (χ0n) is 10.5. The largest absolute Gasteiger partial charge is 0.354 e. The molecule has 3 heteroatoms. The molecule has 1 heterocycles. The first kappa shape index (κ1) is 11.8. The Morgan fingerprint density at radius 1 is 1.18 bits per heavy atom. The Hall–Kier alpha value is -1.64. The Kier molecular flexibility index (Phi) is 3.91. The molecule has 0 spiro atoms. The van der Waals surface area contributed by atoms with E-state index in [2.05, 4.69) is 29.1 Å². The molecule has 17 heavy (non-hydrogen) atoms. The van der Waals surface area contributed by atoms with Gasteiger partial charge in [0.15, 0.2) is 0 Å². The first-order valence-corrected chi connectivity index (χ1v) is 6.29. The van der Waals surface area contributed by atoms with E-state index in [1.165, 1.54) is 12.8 Å². The summed E-state index contributed by atoms with van der Waals surface area (Å²) in [5, 5.41) is 4.40. The van der Waals surface area contributed by atoms with Gasteiger partial charge in [0.05, 0.1) is 5.52 Å². The first-order valence-electron chi connectivity index (χ1n) is 6.29. The predicted molar refractivity (Wildman–Crippen MR) is 72.1 cm³/mol. The van der Waals surface area contributed by atoms with Crippen molar-refractivity contribution in [1.82, 2.24) is 9.97 Å². The Morgan fingerprint density at radius 3 is 2.71 bits per heavy atom. The summed E-state index contributed by atoms with van der Waals surface area (Å²) in [4.78, 5) is 8.82. The molecule has 1 aromatic carbocycles. The van der Waals surface area contributed by atoms with Crippen molar-refractivity contribution in [3.63, 3.8) is 0 Å². The summed E-state index contributed by atoms with van der Waals surface area (Å²) in [6, 6.07) is 8.04. The first-order chi connectivity index (χ1) is 8.33. The number of hydrogen-bond donors (Lipinski definition) is 1. The topological polar surface area (TPSA) is 37.8 Å². The van der Waals surface area contributed by atoms with Crippen LogP contribution < -0.4 is 5.32 Å². The average Bonchev–Trinajstić information content (AvgIpc) is 2.40. The average molecular weight is 229 g/mol. The molecule has 90 valence electrons. The number of rotatable bonds is 5. The lowest BCUT2D eigenvalue weighted by Gasteiger charge is -2.13. The van der Waals surface area contributed by atoms with Gasteiger partial charge < -0.3 is 5.32 Å². The van der Waals surface area contributed by atoms with E-state index in [4.69, 9.17) is 0 Å². The lowest BCUT2D eigenvalue weighted by molar-refractivity contribution is 0.518. The van der Waals surface area contributed by atoms with E-state index in [1.807, 2.05) is 30.5 Å². The minimum Gasteiger partial charge on any atom is -0.354 e. The molecule has 0 atom stereocenters. The van der Waals surface area contributed by atoms with Crippen LogP contribution in [0.1, 0.15) is 26.7 Å². The van der Waals surface area contributed by atoms with Crippen LogP contribution in [0.25, 0.3) is 10.9 Å². The smallest absolute Gasteiger partial charge is 0.223 e. The predicted octanol–water partition coefficient (Wildman–Crippen LogP) is 3.48. The SMILES string of the molecule is CCC(CC)CNc1ncc2ccccc2n1. The lowest BCUT2D eigenvalue weighted by Crippen LogP contribution is -2.14. The summed E-state index contributed by atoms with van der Waals surface area (Å²) in [7, 11) is 0. The minimum absolute atomic E-state index is 0.699. The molecule has 2 rings (SSSR count). The van der Waals surface area contributed by atoms with E-state index in [9.17, 15) is 0 Å². The van der Waals surface area contributed by atoms with Crippen molar-refractivity contribution in [2.24, 2.45) is 5.92 Å². The summed E-state index contributed by atoms with van der Waals surface area (Å²) in [5.74, 6) is 1.43. The number of nitrogens with zero attached hydrogens (tertiary/aromatic N) is 2. The second-order valence-electron chi connectivity index (χ2n) is 4.32. The standard InChI is InChI=1S/C14H19N3/c1-3-11(4-2)9-15-14-16-10-12-7-5-6-8-13(12)17-14/h5-8,10-11H,3-4,9H2,1-2H3,(H,15,16,17). The number of nitrogens with one attached hydrogen (secondary N) is 1. The maximum atomic E-state index is 4.49. The second kappa shape index (κ2) is 5.62. The van der Waals surface area contributed by atoms with Crippen molar-refractivity contribution in [2.75, 3.05) is 11.9 Å². The molecular weight excluding hydrogens is 210 g/mol. The molecule has 0 unspecified atom stereocenters. The maximum Gasteiger partial charge on any atom is 0.223 e. The van der Waals surface area contributed by atoms with Gasteiger partial charge in [0, 0.05) is 18.1 Å². The van der Waals surface area contributed by atoms with E-state index in [1.54, 1.807) is 0 Å². The summed E-state index contributed by atoms with van der Waals surface area (Å²) in [6.07, 6.45) is 4.26. The van der Waals surface area contributed by atoms with E-state index >= 15 is 0 Å². The lowest BCUT2D eigenvalue weighted by atomic mass is 10.0. The third kappa shape index (κ3) is 2.93. The van der Waals surface area contributed by atoms with Crippen LogP contribution in [0.2, 0.25) is 0 Å². The zero-order valence-corrected chi connectivity index (χ0v) is 10.5. The van der Waals surface area contributed by atoms with Crippen LogP contribution in [0.5, 0.6) is 0 Å². The Balaban J connectivity index is 2.09. The van der Waals surface area contributed by atoms with Crippen molar-refractivity contribution >= 4 is 16.9 Å². The highest BCUT2D eigenvalue weighted by molar-refractivity contribution is 5.78. The van der Waals surface area contributed by atoms with Crippen LogP contribution in [0.4, 0.5) is 5.95 Å². The quantitative estimate of drug-likeness (QED) is 0.853. The molecule has 0 saturated heterocycles. The number of para-hydroxylation sites is 1. The van der Waals surface area contributed by atoms with Crippen molar-refractivity contribution < 1.29 is 0 Å². The molecule has 0 radical (unpaired) electrons. The fraction of sp³-hybridized carbons (Fsp3) is 0.429. The van der Waals surface area contributed by atoms with Gasteiger partial charge in [-0.3, -0.25) is 0 Å². The van der Waals surface area contributed by atoms with Gasteiger partial charge in [-0.25, -0.2) is 9.97 Å². The fourth-order valence-corrected chi connectivity index (χ4v) is 1.87. The zero-order chi connectivity index (χ0) is 12.1. The van der Waals surface area contributed by atoms with Gasteiger partial charge >= 0.3 is 0 Å². The van der Waals surface area contributed by atoms with Gasteiger partial charge in [-0.2, -0.15) is 0 Å². The molecule has 1 N–H and O–H groups in total. The monoisotopic (exact) mass is 229 g/mol. The van der Waals surface area contributed by atoms with Gasteiger partial charge in [-0.1, -0.05) is 44.9 Å². The maximum absolute atomic E-state index is 4.49. The summed E-state index contributed by atoms with van der Waals surface area (Å²) in [6.45, 7) is 5.39. The van der Waals surface area contributed by atoms with E-state index < -0.39 is 0 Å². The Labute approximate surface area is 102 Å². The van der Waals surface area contributed by atoms with Crippen molar-refractivity contribution in [2.45, 2.75) is 26.7 Å². The van der Waals surface area contributed by atoms with E-state index in [0.717, 1.165) is 23.4 Å². The van der Waals surface area contributed by atoms with Crippen molar-refractivity contribution in [3.8, 4) is 0 Å². The van der Waals surface area contributed by atoms with Crippen LogP contribution in [0.15, 0.2) is 30.5 Å². The number of hydrogen-bond acceptors (Lipinski definition) is 3. The third-order valence-electron chi connectivity index (χ3n) is 3.19. The number of aromatic nitrogens is 2. The van der Waals surface area contributed by atoms with E-state index in [-0.39, 0.29) is 0 Å². The minimum atomic E-state index is 0.699. The van der Waals surface area contributed by atoms with Crippen molar-refractivity contribution in [1.29, 1.82) is 0 Å². The van der Waals surface area contributed by atoms with Crippen LogP contribution in [0, 0.1) is 5.92 Å². The number of anilines is 1. The van der Waals surface area contributed by atoms with Crippen LogP contribution in [0.3, 0.4) is 0 Å². The number of benzene rings is 1. The molecule has 0 amide bonds. The normalized spacial score (nSPS) is 11.0. The molecule has 0 bridgehead atoms. The van der Waals surface area contributed by atoms with Crippen LogP contribution in [-0.2, 0) is 0 Å². The highest BCUT2D eigenvalue weighted by Crippen LogP contribution is 2.13. The molecular formula is C14H19N3. The molecule has 0 aliphatic carbocycles. The van der Waals surface area contributed by atoms with Crippen LogP contribution >= 0.6 is 0 Å². The van der Waals surface area contributed by atoms with Crippen molar-refractivity contribution in [3.05, 3.63) is 30.5 Å². The molecule has 2 aromatic rings. The molecule has 3 nitrogen and oxygen atoms in total. The summed E-state index contributed by atoms with van der Waals surface area (Å²) < 4.78 is 0. The molecule has 0 saturated carbocycles. The fourth-order valence-electron chi connectivity index (χ4n) is 1.87. The van der Waals surface area contributed by atoms with Gasteiger partial charge in [0.25, 0.3) is 0 Å². The third-order valence-corrected chi connectivity index (χ3v) is 3.19. The summed E-state index contributed by atoms with van der Waals surface area (Å²) in [5.41, 5.74) is 0.995. The summed E-state index contributed by atoms with van der Waals surface area (Å²) >= 11 is 0. The Bertz CT molecular complexity index is 478. The number of fused-ring (bicyclic) bond motifs is 1. The highest BCUT2D eigenvalue weighted by Gasteiger charge is 2.04. The van der Waals surface area contributed by atoms with Crippen LogP contribution in [-0.4, -0.2) is 16.5 Å². The molecule has 0 aliphatic rings. The molecule has 0 aliphatic heterocycles. The molecule has 0 fully saturated rings. The van der Waals surface area contributed by atoms with Gasteiger partial charge in [-0.05, 0) is 12.0 Å². The van der Waals surface area contributed by atoms with Gasteiger partial charge in [0.1, 0.15) is 0 Å². The van der Waals surface area contributed by atoms with E-state index in [0.29, 0.717) is 5.92 Å². The molecule has 1 aromatic heterocycles. The Morgan fingerprint density at radius 2 is 1.94 bits per heavy atom. The van der Waals surface area contributed by atoms with Gasteiger partial charge in [0.2, 0.25) is 5.95 Å². The highest BCUT2D eigenvalue weighted by atomic mass is 15.1. The second-order valence-corrected chi connectivity index (χ2v) is 4.32.